The van der Waals surface area contributed by atoms with Gasteiger partial charge in [-0.15, -0.1) is 0 Å². The van der Waals surface area contributed by atoms with E-state index >= 15 is 0 Å². The third-order valence-electron chi connectivity index (χ3n) is 7.17. The first kappa shape index (κ1) is 14.3. The molecule has 2 fully saturated rings. The summed E-state index contributed by atoms with van der Waals surface area (Å²) in [7, 11) is 2.36. The Labute approximate surface area is 142 Å². The van der Waals surface area contributed by atoms with Crippen molar-refractivity contribution in [2.75, 3.05) is 25.5 Å². The van der Waals surface area contributed by atoms with Gasteiger partial charge in [-0.05, 0) is 24.1 Å². The molecule has 4 nitrogen and oxygen atoms in total. The van der Waals surface area contributed by atoms with Crippen molar-refractivity contribution in [3.8, 4) is 5.75 Å². The number of nitrogens with one attached hydrogen (secondary N) is 1. The summed E-state index contributed by atoms with van der Waals surface area (Å²) in [5.41, 5.74) is 5.23. The molecule has 0 aromatic heterocycles. The zero-order valence-corrected chi connectivity index (χ0v) is 14.2. The number of quaternary nitrogens is 1. The van der Waals surface area contributed by atoms with E-state index in [1.165, 1.54) is 11.1 Å². The van der Waals surface area contributed by atoms with Gasteiger partial charge in [0.2, 0.25) is 0 Å². The first-order valence-electron chi connectivity index (χ1n) is 8.84. The molecule has 0 saturated carbocycles. The van der Waals surface area contributed by atoms with Crippen LogP contribution in [-0.4, -0.2) is 42.1 Å². The van der Waals surface area contributed by atoms with Crippen molar-refractivity contribution in [3.63, 3.8) is 0 Å². The van der Waals surface area contributed by atoms with Crippen LogP contribution in [0.2, 0.25) is 0 Å². The van der Waals surface area contributed by atoms with Gasteiger partial charge in [0, 0.05) is 30.0 Å². The summed E-state index contributed by atoms with van der Waals surface area (Å²) in [6.45, 7) is 4.24. The van der Waals surface area contributed by atoms with Gasteiger partial charge >= 0.3 is 0 Å². The van der Waals surface area contributed by atoms with E-state index in [0.29, 0.717) is 6.04 Å². The SMILES string of the molecule is C/C=C1\C[N@+]2(C)CC[C@]34C(=C(C=O)[C@H]1C[C@@H]32)Nc1c(O)cccc14. The number of carbonyl (C=O) groups excluding carboxylic acids is 1. The second-order valence-electron chi connectivity index (χ2n) is 8.02. The van der Waals surface area contributed by atoms with Crippen LogP contribution in [0, 0.1) is 5.92 Å². The summed E-state index contributed by atoms with van der Waals surface area (Å²) >= 11 is 0. The number of hydrogen-bond acceptors (Lipinski definition) is 3. The van der Waals surface area contributed by atoms with Crippen LogP contribution in [0.25, 0.3) is 0 Å². The minimum Gasteiger partial charge on any atom is -0.506 e. The van der Waals surface area contributed by atoms with Gasteiger partial charge in [0.1, 0.15) is 24.6 Å². The molecule has 2 saturated heterocycles. The maximum Gasteiger partial charge on any atom is 0.148 e. The van der Waals surface area contributed by atoms with E-state index in [9.17, 15) is 9.90 Å². The fraction of sp³-hybridized carbons (Fsp3) is 0.450. The molecule has 1 spiro atoms. The van der Waals surface area contributed by atoms with E-state index in [1.54, 1.807) is 6.07 Å². The highest BCUT2D eigenvalue weighted by molar-refractivity contribution is 5.85. The van der Waals surface area contributed by atoms with Gasteiger partial charge in [-0.3, -0.25) is 4.79 Å². The molecule has 2 N–H and O–H groups in total. The van der Waals surface area contributed by atoms with E-state index < -0.39 is 0 Å². The quantitative estimate of drug-likeness (QED) is 0.362. The Morgan fingerprint density at radius 2 is 2.25 bits per heavy atom. The minimum atomic E-state index is -0.130. The number of carbonyl (C=O) groups is 1. The van der Waals surface area contributed by atoms with E-state index in [-0.39, 0.29) is 17.1 Å². The molecule has 0 radical (unpaired) electrons. The van der Waals surface area contributed by atoms with Crippen molar-refractivity contribution in [1.82, 2.24) is 0 Å². The second kappa shape index (κ2) is 4.31. The molecule has 5 rings (SSSR count). The number of aromatic hydroxyl groups is 1. The lowest BCUT2D eigenvalue weighted by Gasteiger charge is -2.51. The molecule has 0 amide bonds. The van der Waals surface area contributed by atoms with Crippen molar-refractivity contribution >= 4 is 12.0 Å². The molecule has 124 valence electrons. The maximum absolute atomic E-state index is 12.1. The van der Waals surface area contributed by atoms with Crippen LogP contribution in [0.5, 0.6) is 5.75 Å². The summed E-state index contributed by atoms with van der Waals surface area (Å²) in [6, 6.07) is 6.27. The Morgan fingerprint density at radius 3 is 3.00 bits per heavy atom. The van der Waals surface area contributed by atoms with Crippen molar-refractivity contribution < 1.29 is 14.4 Å². The largest absolute Gasteiger partial charge is 0.506 e. The van der Waals surface area contributed by atoms with Crippen molar-refractivity contribution in [2.24, 2.45) is 5.92 Å². The Hall–Kier alpha value is -2.07. The van der Waals surface area contributed by atoms with Crippen LogP contribution in [0.4, 0.5) is 5.69 Å². The lowest BCUT2D eigenvalue weighted by atomic mass is 9.61. The number of para-hydroxylation sites is 1. The van der Waals surface area contributed by atoms with E-state index in [1.807, 2.05) is 6.07 Å². The van der Waals surface area contributed by atoms with Gasteiger partial charge < -0.3 is 14.9 Å². The number of benzene rings is 1. The van der Waals surface area contributed by atoms with Crippen LogP contribution in [-0.2, 0) is 10.2 Å². The maximum atomic E-state index is 12.1. The van der Waals surface area contributed by atoms with E-state index in [0.717, 1.165) is 53.7 Å². The highest BCUT2D eigenvalue weighted by Crippen LogP contribution is 2.63. The van der Waals surface area contributed by atoms with E-state index in [4.69, 9.17) is 0 Å². The standard InChI is InChI=1S/C20H22N2O2/c1-3-12-10-22(2)8-7-20-15-5-4-6-16(24)18(15)21-19(20)14(11-23)13(12)9-17(20)22/h3-6,11,13,17H,7-10H2,1-2H3,(H-,21,23,24)/p+1/b12-3+/t13-,17-,20+,22-/m0/s1. The van der Waals surface area contributed by atoms with Gasteiger partial charge in [-0.1, -0.05) is 18.2 Å². The van der Waals surface area contributed by atoms with Gasteiger partial charge in [-0.25, -0.2) is 0 Å². The number of aldehydes is 1. The predicted octanol–water partition coefficient (Wildman–Crippen LogP) is 2.71. The van der Waals surface area contributed by atoms with Crippen molar-refractivity contribution in [3.05, 3.63) is 46.7 Å². The summed E-state index contributed by atoms with van der Waals surface area (Å²) in [6.07, 6.45) is 5.34. The Bertz CT molecular complexity index is 840. The van der Waals surface area contributed by atoms with Crippen molar-refractivity contribution in [2.45, 2.75) is 31.2 Å². The Morgan fingerprint density at radius 1 is 1.42 bits per heavy atom. The zero-order chi connectivity index (χ0) is 16.7. The lowest BCUT2D eigenvalue weighted by Crippen LogP contribution is -2.61. The van der Waals surface area contributed by atoms with Crippen LogP contribution in [0.1, 0.15) is 25.3 Å². The molecule has 24 heavy (non-hydrogen) atoms. The smallest absolute Gasteiger partial charge is 0.148 e. The van der Waals surface area contributed by atoms with Crippen LogP contribution in [0.3, 0.4) is 0 Å². The van der Waals surface area contributed by atoms with Crippen LogP contribution >= 0.6 is 0 Å². The summed E-state index contributed by atoms with van der Waals surface area (Å²) < 4.78 is 1.04. The highest BCUT2D eigenvalue weighted by atomic mass is 16.3. The Kier molecular flexibility index (Phi) is 2.56. The number of anilines is 1. The molecule has 3 aliphatic heterocycles. The fourth-order valence-electron chi connectivity index (χ4n) is 6.12. The molecule has 0 unspecified atom stereocenters. The number of hydrogen-bond donors (Lipinski definition) is 2. The molecule has 4 atom stereocenters. The number of fused-ring (bicyclic) bond motifs is 2. The zero-order valence-electron chi connectivity index (χ0n) is 14.2. The third-order valence-corrected chi connectivity index (χ3v) is 7.17. The topological polar surface area (TPSA) is 49.3 Å². The number of likely N-dealkylation sites (N-methyl/N-ethyl adjacent to an activating group) is 1. The van der Waals surface area contributed by atoms with Crippen LogP contribution in [0.15, 0.2) is 41.1 Å². The second-order valence-corrected chi connectivity index (χ2v) is 8.02. The summed E-state index contributed by atoms with van der Waals surface area (Å²) in [4.78, 5) is 12.1. The molecule has 2 bridgehead atoms. The number of phenolic OH excluding ortho intramolecular Hbond substituents is 1. The van der Waals surface area contributed by atoms with Crippen molar-refractivity contribution in [1.29, 1.82) is 0 Å². The fourth-order valence-corrected chi connectivity index (χ4v) is 6.12. The molecule has 4 aliphatic rings. The normalized spacial score (nSPS) is 40.3. The molecule has 1 aliphatic carbocycles. The molecule has 1 aromatic rings. The molecular formula is C20H23N2O2+. The number of phenols is 1. The number of piperidine rings is 1. The predicted molar refractivity (Wildman–Crippen MR) is 92.7 cm³/mol. The number of allylic oxidation sites excluding steroid dienone is 2. The van der Waals surface area contributed by atoms with Gasteiger partial charge in [0.15, 0.2) is 0 Å². The summed E-state index contributed by atoms with van der Waals surface area (Å²) in [5.74, 6) is 0.518. The van der Waals surface area contributed by atoms with Gasteiger partial charge in [0.25, 0.3) is 0 Å². The highest BCUT2D eigenvalue weighted by Gasteiger charge is 2.67. The number of nitrogens with zero attached hydrogens (tertiary/aromatic N) is 1. The monoisotopic (exact) mass is 323 g/mol. The average Bonchev–Trinajstić information content (AvgIpc) is 3.09. The number of rotatable bonds is 1. The molecule has 1 aromatic carbocycles. The molecule has 4 heteroatoms. The average molecular weight is 323 g/mol. The summed E-state index contributed by atoms with van der Waals surface area (Å²) in [5, 5.41) is 13.8. The minimum absolute atomic E-state index is 0.130. The molecule has 3 heterocycles. The third kappa shape index (κ3) is 1.38. The lowest BCUT2D eigenvalue weighted by molar-refractivity contribution is -0.923. The first-order valence-corrected chi connectivity index (χ1v) is 8.84. The first-order chi connectivity index (χ1) is 11.5. The van der Waals surface area contributed by atoms with E-state index in [2.05, 4.69) is 31.4 Å². The Balaban J connectivity index is 1.86. The van der Waals surface area contributed by atoms with Gasteiger partial charge in [-0.2, -0.15) is 0 Å². The van der Waals surface area contributed by atoms with Gasteiger partial charge in [0.05, 0.1) is 24.7 Å². The molecular weight excluding hydrogens is 300 g/mol. The van der Waals surface area contributed by atoms with Crippen LogP contribution < -0.4 is 5.32 Å².